The van der Waals surface area contributed by atoms with Crippen LogP contribution in [0, 0.1) is 11.7 Å². The Morgan fingerprint density at radius 1 is 1.10 bits per heavy atom. The van der Waals surface area contributed by atoms with Crippen LogP contribution in [0.3, 0.4) is 0 Å². The molecule has 112 valence electrons. The maximum Gasteiger partial charge on any atom is 0.123 e. The van der Waals surface area contributed by atoms with Crippen LogP contribution in [0.5, 0.6) is 0 Å². The maximum atomic E-state index is 12.9. The minimum atomic E-state index is -0.166. The molecule has 0 saturated carbocycles. The van der Waals surface area contributed by atoms with Gasteiger partial charge in [-0.2, -0.15) is 0 Å². The highest BCUT2D eigenvalue weighted by atomic mass is 35.5. The molecule has 1 aliphatic rings. The number of rotatable bonds is 6. The van der Waals surface area contributed by atoms with Crippen molar-refractivity contribution < 1.29 is 4.39 Å². The van der Waals surface area contributed by atoms with E-state index in [2.05, 4.69) is 16.7 Å². The summed E-state index contributed by atoms with van der Waals surface area (Å²) in [6.07, 6.45) is 2.33. The molecule has 0 bridgehead atoms. The Kier molecular flexibility index (Phi) is 6.11. The molecule has 0 aliphatic carbocycles. The Morgan fingerprint density at radius 3 is 2.35 bits per heavy atom. The standard InChI is InChI=1S/C16H24ClFN2/c1-14(6-8-17)7-9-19-10-12-20(13-11-19)16-4-2-15(18)3-5-16/h2-5,14H,6-13H2,1H3. The molecule has 2 nitrogen and oxygen atoms in total. The first kappa shape index (κ1) is 15.6. The van der Waals surface area contributed by atoms with Gasteiger partial charge in [-0.3, -0.25) is 4.90 Å². The van der Waals surface area contributed by atoms with Gasteiger partial charge >= 0.3 is 0 Å². The van der Waals surface area contributed by atoms with Gasteiger partial charge in [0.25, 0.3) is 0 Å². The molecule has 1 heterocycles. The number of hydrogen-bond donors (Lipinski definition) is 0. The SMILES string of the molecule is CC(CCCl)CCN1CCN(c2ccc(F)cc2)CC1. The zero-order chi connectivity index (χ0) is 14.4. The lowest BCUT2D eigenvalue weighted by Gasteiger charge is -2.36. The van der Waals surface area contributed by atoms with Crippen molar-refractivity contribution in [1.82, 2.24) is 4.90 Å². The van der Waals surface area contributed by atoms with Gasteiger partial charge in [0.05, 0.1) is 0 Å². The number of piperazine rings is 1. The van der Waals surface area contributed by atoms with Gasteiger partial charge in [-0.05, 0) is 49.6 Å². The first-order chi connectivity index (χ1) is 9.69. The monoisotopic (exact) mass is 298 g/mol. The van der Waals surface area contributed by atoms with Crippen molar-refractivity contribution >= 4 is 17.3 Å². The highest BCUT2D eigenvalue weighted by Crippen LogP contribution is 2.17. The van der Waals surface area contributed by atoms with E-state index in [9.17, 15) is 4.39 Å². The minimum Gasteiger partial charge on any atom is -0.369 e. The van der Waals surface area contributed by atoms with Crippen LogP contribution in [0.25, 0.3) is 0 Å². The quantitative estimate of drug-likeness (QED) is 0.740. The van der Waals surface area contributed by atoms with Gasteiger partial charge in [-0.1, -0.05) is 6.92 Å². The van der Waals surface area contributed by atoms with Gasteiger partial charge in [-0.15, -0.1) is 11.6 Å². The number of nitrogens with zero attached hydrogens (tertiary/aromatic N) is 2. The summed E-state index contributed by atoms with van der Waals surface area (Å²) in [6.45, 7) is 7.66. The Bertz CT molecular complexity index is 388. The molecule has 1 unspecified atom stereocenters. The molecule has 1 aromatic rings. The first-order valence-electron chi connectivity index (χ1n) is 7.48. The maximum absolute atomic E-state index is 12.9. The number of halogens is 2. The molecule has 0 aromatic heterocycles. The molecule has 1 aromatic carbocycles. The molecule has 1 fully saturated rings. The Morgan fingerprint density at radius 2 is 1.75 bits per heavy atom. The van der Waals surface area contributed by atoms with E-state index in [-0.39, 0.29) is 5.82 Å². The second kappa shape index (κ2) is 7.84. The summed E-state index contributed by atoms with van der Waals surface area (Å²) < 4.78 is 12.9. The van der Waals surface area contributed by atoms with Crippen molar-refractivity contribution in [2.45, 2.75) is 19.8 Å². The van der Waals surface area contributed by atoms with Gasteiger partial charge < -0.3 is 4.90 Å². The second-order valence-electron chi connectivity index (χ2n) is 5.68. The molecular formula is C16H24ClFN2. The van der Waals surface area contributed by atoms with E-state index >= 15 is 0 Å². The van der Waals surface area contributed by atoms with E-state index < -0.39 is 0 Å². The van der Waals surface area contributed by atoms with Gasteiger partial charge in [0.1, 0.15) is 5.82 Å². The van der Waals surface area contributed by atoms with Crippen LogP contribution in [0.4, 0.5) is 10.1 Å². The minimum absolute atomic E-state index is 0.166. The molecule has 0 radical (unpaired) electrons. The first-order valence-corrected chi connectivity index (χ1v) is 8.01. The van der Waals surface area contributed by atoms with Gasteiger partial charge in [0.2, 0.25) is 0 Å². The topological polar surface area (TPSA) is 6.48 Å². The van der Waals surface area contributed by atoms with Crippen LogP contribution >= 0.6 is 11.6 Å². The van der Waals surface area contributed by atoms with Crippen LogP contribution in [-0.4, -0.2) is 43.5 Å². The fraction of sp³-hybridized carbons (Fsp3) is 0.625. The second-order valence-corrected chi connectivity index (χ2v) is 6.05. The highest BCUT2D eigenvalue weighted by molar-refractivity contribution is 6.17. The third-order valence-corrected chi connectivity index (χ3v) is 4.32. The van der Waals surface area contributed by atoms with Crippen LogP contribution < -0.4 is 4.90 Å². The van der Waals surface area contributed by atoms with E-state index in [0.29, 0.717) is 5.92 Å². The third kappa shape index (κ3) is 4.64. The zero-order valence-corrected chi connectivity index (χ0v) is 12.9. The summed E-state index contributed by atoms with van der Waals surface area (Å²) in [5, 5.41) is 0. The summed E-state index contributed by atoms with van der Waals surface area (Å²) in [5.41, 5.74) is 1.13. The van der Waals surface area contributed by atoms with Crippen LogP contribution in [0.15, 0.2) is 24.3 Å². The largest absolute Gasteiger partial charge is 0.369 e. The van der Waals surface area contributed by atoms with E-state index in [1.165, 1.54) is 18.6 Å². The van der Waals surface area contributed by atoms with E-state index in [4.69, 9.17) is 11.6 Å². The predicted molar refractivity (Wildman–Crippen MR) is 84.2 cm³/mol. The molecule has 0 amide bonds. The van der Waals surface area contributed by atoms with Crippen molar-refractivity contribution in [1.29, 1.82) is 0 Å². The van der Waals surface area contributed by atoms with Gasteiger partial charge in [-0.25, -0.2) is 4.39 Å². The van der Waals surface area contributed by atoms with Crippen molar-refractivity contribution in [3.05, 3.63) is 30.1 Å². The molecule has 20 heavy (non-hydrogen) atoms. The van der Waals surface area contributed by atoms with Crippen molar-refractivity contribution in [3.8, 4) is 0 Å². The van der Waals surface area contributed by atoms with Gasteiger partial charge in [0, 0.05) is 37.7 Å². The smallest absolute Gasteiger partial charge is 0.123 e. The average molecular weight is 299 g/mol. The summed E-state index contributed by atoms with van der Waals surface area (Å²) in [4.78, 5) is 4.85. The molecular weight excluding hydrogens is 275 g/mol. The van der Waals surface area contributed by atoms with E-state index in [0.717, 1.165) is 50.7 Å². The fourth-order valence-corrected chi connectivity index (χ4v) is 2.99. The summed E-state index contributed by atoms with van der Waals surface area (Å²) in [7, 11) is 0. The summed E-state index contributed by atoms with van der Waals surface area (Å²) in [5.74, 6) is 1.31. The molecule has 1 saturated heterocycles. The van der Waals surface area contributed by atoms with Gasteiger partial charge in [0.15, 0.2) is 0 Å². The van der Waals surface area contributed by atoms with Crippen molar-refractivity contribution in [2.75, 3.05) is 43.5 Å². The lowest BCUT2D eigenvalue weighted by atomic mass is 10.0. The normalized spacial score (nSPS) is 18.2. The van der Waals surface area contributed by atoms with E-state index in [1.807, 2.05) is 12.1 Å². The Hall–Kier alpha value is -0.800. The number of hydrogen-bond acceptors (Lipinski definition) is 2. The third-order valence-electron chi connectivity index (χ3n) is 4.10. The van der Waals surface area contributed by atoms with Crippen LogP contribution in [0.2, 0.25) is 0 Å². The Labute approximate surface area is 126 Å². The lowest BCUT2D eigenvalue weighted by molar-refractivity contribution is 0.240. The number of benzene rings is 1. The molecule has 2 rings (SSSR count). The summed E-state index contributed by atoms with van der Waals surface area (Å²) >= 11 is 5.77. The van der Waals surface area contributed by atoms with Crippen LogP contribution in [0.1, 0.15) is 19.8 Å². The molecule has 4 heteroatoms. The molecule has 1 aliphatic heterocycles. The van der Waals surface area contributed by atoms with Crippen molar-refractivity contribution in [3.63, 3.8) is 0 Å². The molecule has 0 spiro atoms. The lowest BCUT2D eigenvalue weighted by Crippen LogP contribution is -2.46. The summed E-state index contributed by atoms with van der Waals surface area (Å²) in [6, 6.07) is 6.81. The Balaban J connectivity index is 1.73. The van der Waals surface area contributed by atoms with Crippen LogP contribution in [-0.2, 0) is 0 Å². The molecule has 1 atom stereocenters. The predicted octanol–water partition coefficient (Wildman–Crippen LogP) is 3.60. The number of alkyl halides is 1. The van der Waals surface area contributed by atoms with E-state index in [1.54, 1.807) is 0 Å². The van der Waals surface area contributed by atoms with Crippen molar-refractivity contribution in [2.24, 2.45) is 5.92 Å². The zero-order valence-electron chi connectivity index (χ0n) is 12.2. The highest BCUT2D eigenvalue weighted by Gasteiger charge is 2.17. The number of anilines is 1. The average Bonchev–Trinajstić information content (AvgIpc) is 2.47. The fourth-order valence-electron chi connectivity index (χ4n) is 2.62. The molecule has 0 N–H and O–H groups in total.